The minimum absolute atomic E-state index is 0.0489. The maximum absolute atomic E-state index is 12.0. The lowest BCUT2D eigenvalue weighted by molar-refractivity contribution is 0.137. The molecule has 96 valence electrons. The molecule has 0 bridgehead atoms. The number of rotatable bonds is 4. The van der Waals surface area contributed by atoms with Crippen LogP contribution >= 0.6 is 15.9 Å². The molecule has 0 amide bonds. The van der Waals surface area contributed by atoms with Crippen LogP contribution in [0.3, 0.4) is 0 Å². The standard InChI is InChI=1S/C12H10BBrF3O/c14-12-6-10-4-2-1-3-9(10)5-11(12)7-18-8-13(15,16)17/h1-6H,7-8H2/q-1. The third kappa shape index (κ3) is 3.49. The highest BCUT2D eigenvalue weighted by Gasteiger charge is 2.23. The number of ether oxygens (including phenoxy) is 1. The van der Waals surface area contributed by atoms with Crippen molar-refractivity contribution in [2.75, 3.05) is 6.51 Å². The van der Waals surface area contributed by atoms with Gasteiger partial charge in [-0.25, -0.2) is 0 Å². The number of fused-ring (bicyclic) bond motifs is 1. The molecule has 0 N–H and O–H groups in total. The van der Waals surface area contributed by atoms with E-state index in [2.05, 4.69) is 20.7 Å². The molecule has 18 heavy (non-hydrogen) atoms. The lowest BCUT2D eigenvalue weighted by atomic mass is 9.95. The van der Waals surface area contributed by atoms with Crippen molar-refractivity contribution in [1.29, 1.82) is 0 Å². The molecule has 2 aromatic carbocycles. The summed E-state index contributed by atoms with van der Waals surface area (Å²) in [5, 5.41) is 2.02. The highest BCUT2D eigenvalue weighted by Crippen LogP contribution is 2.25. The lowest BCUT2D eigenvalue weighted by Crippen LogP contribution is -2.23. The second-order valence-corrected chi connectivity index (χ2v) is 4.87. The topological polar surface area (TPSA) is 9.23 Å². The van der Waals surface area contributed by atoms with Crippen molar-refractivity contribution in [2.24, 2.45) is 0 Å². The highest BCUT2D eigenvalue weighted by atomic mass is 79.9. The minimum Gasteiger partial charge on any atom is -0.447 e. The first-order chi connectivity index (χ1) is 8.46. The number of hydrogen-bond acceptors (Lipinski definition) is 1. The van der Waals surface area contributed by atoms with Crippen LogP contribution in [0.25, 0.3) is 10.8 Å². The quantitative estimate of drug-likeness (QED) is 0.754. The molecule has 2 aromatic rings. The zero-order valence-electron chi connectivity index (χ0n) is 9.38. The van der Waals surface area contributed by atoms with E-state index in [1.165, 1.54) is 0 Å². The van der Waals surface area contributed by atoms with E-state index in [0.717, 1.165) is 15.2 Å². The fourth-order valence-electron chi connectivity index (χ4n) is 1.67. The molecule has 6 heteroatoms. The fraction of sp³-hybridized carbons (Fsp3) is 0.167. The van der Waals surface area contributed by atoms with Crippen LogP contribution in [0.15, 0.2) is 40.9 Å². The molecule has 0 aliphatic carbocycles. The summed E-state index contributed by atoms with van der Waals surface area (Å²) in [7, 11) is 0. The molecule has 0 heterocycles. The molecule has 2 rings (SSSR count). The Bertz CT molecular complexity index is 557. The average Bonchev–Trinajstić information content (AvgIpc) is 2.28. The monoisotopic (exact) mass is 317 g/mol. The zero-order chi connectivity index (χ0) is 13.2. The normalized spacial score (nSPS) is 12.0. The van der Waals surface area contributed by atoms with Crippen LogP contribution < -0.4 is 0 Å². The summed E-state index contributed by atoms with van der Waals surface area (Å²) >= 11 is 3.34. The van der Waals surface area contributed by atoms with Crippen LogP contribution in [0.2, 0.25) is 0 Å². The maximum atomic E-state index is 12.0. The van der Waals surface area contributed by atoms with Crippen molar-refractivity contribution in [1.82, 2.24) is 0 Å². The Morgan fingerprint density at radius 2 is 1.67 bits per heavy atom. The molecular formula is C12H10BBrF3O-. The Balaban J connectivity index is 2.15. The summed E-state index contributed by atoms with van der Waals surface area (Å²) in [6, 6.07) is 11.4. The first kappa shape index (κ1) is 13.4. The second kappa shape index (κ2) is 5.32. The van der Waals surface area contributed by atoms with Crippen molar-refractivity contribution >= 4 is 33.7 Å². The van der Waals surface area contributed by atoms with E-state index in [0.29, 0.717) is 5.56 Å². The van der Waals surface area contributed by atoms with Gasteiger partial charge in [0.1, 0.15) is 0 Å². The third-order valence-corrected chi connectivity index (χ3v) is 3.22. The first-order valence-corrected chi connectivity index (χ1v) is 6.21. The molecule has 0 spiro atoms. The van der Waals surface area contributed by atoms with Gasteiger partial charge in [-0.15, -0.1) is 0 Å². The van der Waals surface area contributed by atoms with E-state index in [1.54, 1.807) is 0 Å². The lowest BCUT2D eigenvalue weighted by Gasteiger charge is -2.14. The zero-order valence-corrected chi connectivity index (χ0v) is 11.0. The first-order valence-electron chi connectivity index (χ1n) is 5.41. The van der Waals surface area contributed by atoms with Gasteiger partial charge in [0.15, 0.2) is 0 Å². The summed E-state index contributed by atoms with van der Waals surface area (Å²) in [6.07, 6.45) is 0. The molecule has 0 unspecified atom stereocenters. The van der Waals surface area contributed by atoms with E-state index in [4.69, 9.17) is 0 Å². The van der Waals surface area contributed by atoms with Gasteiger partial charge < -0.3 is 17.7 Å². The molecule has 0 saturated carbocycles. The second-order valence-electron chi connectivity index (χ2n) is 4.02. The minimum atomic E-state index is -4.89. The summed E-state index contributed by atoms with van der Waals surface area (Å²) < 4.78 is 41.6. The Morgan fingerprint density at radius 3 is 2.28 bits per heavy atom. The van der Waals surface area contributed by atoms with E-state index in [-0.39, 0.29) is 6.61 Å². The van der Waals surface area contributed by atoms with E-state index in [9.17, 15) is 12.9 Å². The van der Waals surface area contributed by atoms with Gasteiger partial charge in [-0.1, -0.05) is 40.2 Å². The summed E-state index contributed by atoms with van der Waals surface area (Å²) in [4.78, 5) is 0. The van der Waals surface area contributed by atoms with Gasteiger partial charge in [0.2, 0.25) is 0 Å². The van der Waals surface area contributed by atoms with Crippen LogP contribution in [-0.2, 0) is 11.3 Å². The summed E-state index contributed by atoms with van der Waals surface area (Å²) in [6.45, 7) is -6.10. The van der Waals surface area contributed by atoms with Crippen molar-refractivity contribution in [2.45, 2.75) is 6.61 Å². The SMILES string of the molecule is F[B-](F)(F)COCc1cc2ccccc2cc1Br. The van der Waals surface area contributed by atoms with Crippen molar-refractivity contribution < 1.29 is 17.7 Å². The number of benzene rings is 2. The van der Waals surface area contributed by atoms with Crippen molar-refractivity contribution in [3.05, 3.63) is 46.4 Å². The molecule has 1 nitrogen and oxygen atoms in total. The molecule has 0 fully saturated rings. The van der Waals surface area contributed by atoms with Gasteiger partial charge in [0.25, 0.3) is 0 Å². The molecule has 0 aromatic heterocycles. The average molecular weight is 318 g/mol. The van der Waals surface area contributed by atoms with Crippen LogP contribution in [0.1, 0.15) is 5.56 Å². The van der Waals surface area contributed by atoms with E-state index in [1.807, 2.05) is 36.4 Å². The van der Waals surface area contributed by atoms with E-state index < -0.39 is 13.5 Å². The summed E-state index contributed by atoms with van der Waals surface area (Å²) in [5.41, 5.74) is 0.716. The smallest absolute Gasteiger partial charge is 0.447 e. The van der Waals surface area contributed by atoms with Crippen LogP contribution in [-0.4, -0.2) is 13.5 Å². The molecule has 0 aliphatic rings. The Hall–Kier alpha value is -1.01. The molecule has 0 atom stereocenters. The summed E-state index contributed by atoms with van der Waals surface area (Å²) in [5.74, 6) is 0. The Labute approximate surface area is 111 Å². The van der Waals surface area contributed by atoms with Crippen molar-refractivity contribution in [3.63, 3.8) is 0 Å². The van der Waals surface area contributed by atoms with Crippen LogP contribution in [0.4, 0.5) is 12.9 Å². The predicted molar refractivity (Wildman–Crippen MR) is 70.4 cm³/mol. The fourth-order valence-corrected chi connectivity index (χ4v) is 2.15. The third-order valence-electron chi connectivity index (χ3n) is 2.48. The van der Waals surface area contributed by atoms with Gasteiger partial charge in [0.05, 0.1) is 6.61 Å². The van der Waals surface area contributed by atoms with Crippen LogP contribution in [0.5, 0.6) is 0 Å². The van der Waals surface area contributed by atoms with Crippen molar-refractivity contribution in [3.8, 4) is 0 Å². The van der Waals surface area contributed by atoms with Gasteiger partial charge >= 0.3 is 6.98 Å². The Kier molecular flexibility index (Phi) is 3.97. The molecular weight excluding hydrogens is 308 g/mol. The van der Waals surface area contributed by atoms with Gasteiger partial charge in [0, 0.05) is 11.0 Å². The molecule has 0 saturated heterocycles. The van der Waals surface area contributed by atoms with Crippen LogP contribution in [0, 0.1) is 0 Å². The van der Waals surface area contributed by atoms with Gasteiger partial charge in [-0.05, 0) is 28.5 Å². The van der Waals surface area contributed by atoms with Gasteiger partial charge in [-0.2, -0.15) is 0 Å². The highest BCUT2D eigenvalue weighted by molar-refractivity contribution is 9.10. The Morgan fingerprint density at radius 1 is 1.06 bits per heavy atom. The molecule has 0 radical (unpaired) electrons. The van der Waals surface area contributed by atoms with E-state index >= 15 is 0 Å². The largest absolute Gasteiger partial charge is 0.503 e. The predicted octanol–water partition coefficient (Wildman–Crippen LogP) is 4.51. The maximum Gasteiger partial charge on any atom is 0.503 e. The number of halogens is 4. The number of hydrogen-bond donors (Lipinski definition) is 0. The van der Waals surface area contributed by atoms with Gasteiger partial charge in [-0.3, -0.25) is 0 Å². The molecule has 0 aliphatic heterocycles.